The Morgan fingerprint density at radius 1 is 0.521 bits per heavy atom. The van der Waals surface area contributed by atoms with E-state index in [1.807, 2.05) is 6.08 Å². The van der Waals surface area contributed by atoms with Crippen LogP contribution < -0.4 is 5.32 Å². The summed E-state index contributed by atoms with van der Waals surface area (Å²) in [4.78, 5) is 26.1. The highest BCUT2D eigenvalue weighted by atomic mass is 16.7. The Hall–Kier alpha value is -1.86. The van der Waals surface area contributed by atoms with E-state index in [1.165, 1.54) is 180 Å². The van der Waals surface area contributed by atoms with Crippen molar-refractivity contribution in [1.82, 2.24) is 5.32 Å². The molecule has 418 valence electrons. The van der Waals surface area contributed by atoms with Crippen LogP contribution in [0.15, 0.2) is 24.3 Å². The fraction of sp³-hybridized carbons (Fsp3) is 0.900. The molecule has 71 heavy (non-hydrogen) atoms. The van der Waals surface area contributed by atoms with E-state index in [1.54, 1.807) is 0 Å². The number of aliphatic hydroxyl groups is 5. The van der Waals surface area contributed by atoms with Crippen molar-refractivity contribution in [3.8, 4) is 0 Å². The van der Waals surface area contributed by atoms with Crippen LogP contribution in [0.5, 0.6) is 0 Å². The third kappa shape index (κ3) is 34.4. The van der Waals surface area contributed by atoms with E-state index in [0.29, 0.717) is 25.7 Å². The van der Waals surface area contributed by atoms with Gasteiger partial charge in [0, 0.05) is 6.42 Å². The Morgan fingerprint density at radius 3 is 1.32 bits per heavy atom. The quantitative estimate of drug-likeness (QED) is 0.0149. The molecule has 0 spiro atoms. The summed E-state index contributed by atoms with van der Waals surface area (Å²) in [6.07, 6.45) is 49.6. The molecule has 0 saturated carbocycles. The minimum atomic E-state index is -3.40. The van der Waals surface area contributed by atoms with Gasteiger partial charge < -0.3 is 45.1 Å². The summed E-state index contributed by atoms with van der Waals surface area (Å²) in [6, 6.07) is 0. The van der Waals surface area contributed by atoms with Crippen molar-refractivity contribution < 1.29 is 49.3 Å². The van der Waals surface area contributed by atoms with E-state index in [-0.39, 0.29) is 19.4 Å². The van der Waals surface area contributed by atoms with E-state index < -0.39 is 54.6 Å². The molecule has 0 unspecified atom stereocenters. The zero-order valence-electron chi connectivity index (χ0n) is 46.2. The standard InChI is InChI=1S/C60H113NO10/c1-4-7-10-13-16-19-22-25-27-29-32-34-37-40-43-46-49-53(62)57(65)61-59(66)58(69-51-48-45-42-39-36-33-30-28-26-23-20-17-14-11-8-5-2)71-54(56(64)60(59,67)68)52-70-55(63)50-47-44-41-38-35-31-24-21-18-15-12-9-6-3/h28,30,39,42,53-54,56,58,62,64,66-68H,4-27,29,31-38,40-41,43-52H2,1-3H3,(H,61,65)/b30-28-,42-39-/t53-,54-,56-,58-,59+/m1/s1. The van der Waals surface area contributed by atoms with Crippen LogP contribution in [-0.4, -0.2) is 86.7 Å². The molecular formula is C60H113NO10. The first-order chi connectivity index (χ1) is 34.5. The molecule has 0 aromatic rings. The summed E-state index contributed by atoms with van der Waals surface area (Å²) in [5.74, 6) is -4.95. The third-order valence-corrected chi connectivity index (χ3v) is 14.4. The number of carbonyl (C=O) groups is 2. The van der Waals surface area contributed by atoms with Gasteiger partial charge in [-0.1, -0.05) is 263 Å². The molecule has 1 rings (SSSR count). The normalized spacial score (nSPS) is 19.5. The maximum atomic E-state index is 13.3. The number of ether oxygens (including phenoxy) is 3. The Balaban J connectivity index is 2.62. The summed E-state index contributed by atoms with van der Waals surface area (Å²) in [6.45, 7) is 6.22. The first-order valence-corrected chi connectivity index (χ1v) is 30.1. The average Bonchev–Trinajstić information content (AvgIpc) is 3.35. The van der Waals surface area contributed by atoms with Gasteiger partial charge in [-0.05, 0) is 51.4 Å². The summed E-state index contributed by atoms with van der Waals surface area (Å²) in [5.41, 5.74) is -3.06. The molecule has 0 aliphatic carbocycles. The largest absolute Gasteiger partial charge is 0.463 e. The summed E-state index contributed by atoms with van der Waals surface area (Å²) < 4.78 is 17.2. The van der Waals surface area contributed by atoms with Crippen molar-refractivity contribution in [2.24, 2.45) is 0 Å². The minimum Gasteiger partial charge on any atom is -0.463 e. The molecule has 0 radical (unpaired) electrons. The molecule has 1 fully saturated rings. The number of carbonyl (C=O) groups excluding carboxylic acids is 2. The number of hydrogen-bond acceptors (Lipinski definition) is 10. The number of esters is 1. The molecule has 0 aromatic heterocycles. The van der Waals surface area contributed by atoms with Crippen molar-refractivity contribution in [3.05, 3.63) is 24.3 Å². The zero-order chi connectivity index (χ0) is 51.9. The van der Waals surface area contributed by atoms with Crippen LogP contribution in [0.3, 0.4) is 0 Å². The highest BCUT2D eigenvalue weighted by Gasteiger charge is 2.67. The Kier molecular flexibility index (Phi) is 44.1. The minimum absolute atomic E-state index is 0.00497. The van der Waals surface area contributed by atoms with Crippen molar-refractivity contribution in [3.63, 3.8) is 0 Å². The van der Waals surface area contributed by atoms with Crippen LogP contribution in [0.25, 0.3) is 0 Å². The van der Waals surface area contributed by atoms with E-state index in [4.69, 9.17) is 14.2 Å². The molecule has 1 saturated heterocycles. The molecular weight excluding hydrogens is 895 g/mol. The van der Waals surface area contributed by atoms with Crippen molar-refractivity contribution in [2.75, 3.05) is 13.2 Å². The van der Waals surface area contributed by atoms with Gasteiger partial charge in [0.15, 0.2) is 0 Å². The molecule has 11 nitrogen and oxygen atoms in total. The van der Waals surface area contributed by atoms with Gasteiger partial charge in [-0.25, -0.2) is 0 Å². The van der Waals surface area contributed by atoms with E-state index in [9.17, 15) is 35.1 Å². The Labute approximate surface area is 435 Å². The highest BCUT2D eigenvalue weighted by molar-refractivity contribution is 5.81. The van der Waals surface area contributed by atoms with E-state index in [0.717, 1.165) is 57.8 Å². The summed E-state index contributed by atoms with van der Waals surface area (Å²) >= 11 is 0. The number of rotatable bonds is 51. The molecule has 0 bridgehead atoms. The Bertz CT molecular complexity index is 1280. The molecule has 1 aliphatic heterocycles. The van der Waals surface area contributed by atoms with E-state index >= 15 is 0 Å². The Morgan fingerprint density at radius 2 is 0.887 bits per heavy atom. The number of nitrogens with one attached hydrogen (secondary N) is 1. The van der Waals surface area contributed by atoms with Gasteiger partial charge in [0.2, 0.25) is 17.8 Å². The smallest absolute Gasteiger partial charge is 0.305 e. The van der Waals surface area contributed by atoms with Crippen LogP contribution >= 0.6 is 0 Å². The van der Waals surface area contributed by atoms with Gasteiger partial charge in [0.1, 0.15) is 24.9 Å². The lowest BCUT2D eigenvalue weighted by Gasteiger charge is -2.51. The van der Waals surface area contributed by atoms with Crippen molar-refractivity contribution >= 4 is 11.9 Å². The molecule has 1 heterocycles. The van der Waals surface area contributed by atoms with Gasteiger partial charge in [-0.2, -0.15) is 0 Å². The van der Waals surface area contributed by atoms with Gasteiger partial charge in [0.05, 0.1) is 6.61 Å². The van der Waals surface area contributed by atoms with Crippen molar-refractivity contribution in [1.29, 1.82) is 0 Å². The van der Waals surface area contributed by atoms with Gasteiger partial charge in [-0.15, -0.1) is 0 Å². The molecule has 1 aliphatic rings. The summed E-state index contributed by atoms with van der Waals surface area (Å²) in [7, 11) is 0. The second kappa shape index (κ2) is 46.7. The maximum absolute atomic E-state index is 13.3. The number of hydrogen-bond donors (Lipinski definition) is 6. The van der Waals surface area contributed by atoms with Crippen molar-refractivity contribution in [2.45, 2.75) is 333 Å². The molecule has 6 N–H and O–H groups in total. The lowest BCUT2D eigenvalue weighted by molar-refractivity contribution is -0.433. The highest BCUT2D eigenvalue weighted by Crippen LogP contribution is 2.36. The molecule has 0 aromatic carbocycles. The first-order valence-electron chi connectivity index (χ1n) is 30.1. The SMILES string of the molecule is CCCCCCCCC/C=C\CC/C=C\CCCO[C@@H]1O[C@H](COC(=O)CCCCCCCCCCCCCCC)[C@@H](O)C(O)(O)[C@]1(O)NC(=O)[C@H](O)CCCCCCCCCCCCCCCCCC. The van der Waals surface area contributed by atoms with Gasteiger partial charge >= 0.3 is 5.97 Å². The fourth-order valence-electron chi connectivity index (χ4n) is 9.53. The lowest BCUT2D eigenvalue weighted by atomic mass is 9.88. The van der Waals surface area contributed by atoms with Gasteiger partial charge in [-0.3, -0.25) is 9.59 Å². The number of allylic oxidation sites excluding steroid dienone is 4. The van der Waals surface area contributed by atoms with Crippen LogP contribution in [-0.2, 0) is 23.8 Å². The molecule has 5 atom stereocenters. The fourth-order valence-corrected chi connectivity index (χ4v) is 9.53. The third-order valence-electron chi connectivity index (χ3n) is 14.4. The predicted octanol–water partition coefficient (Wildman–Crippen LogP) is 14.4. The zero-order valence-corrected chi connectivity index (χ0v) is 46.2. The second-order valence-corrected chi connectivity index (χ2v) is 21.2. The van der Waals surface area contributed by atoms with Crippen LogP contribution in [0, 0.1) is 0 Å². The topological polar surface area (TPSA) is 175 Å². The van der Waals surface area contributed by atoms with Crippen LogP contribution in [0.1, 0.15) is 297 Å². The molecule has 11 heteroatoms. The lowest BCUT2D eigenvalue weighted by Crippen LogP contribution is -2.81. The first kappa shape index (κ1) is 67.2. The van der Waals surface area contributed by atoms with Crippen LogP contribution in [0.4, 0.5) is 0 Å². The second-order valence-electron chi connectivity index (χ2n) is 21.2. The maximum Gasteiger partial charge on any atom is 0.305 e. The van der Waals surface area contributed by atoms with Gasteiger partial charge in [0.25, 0.3) is 5.91 Å². The number of unbranched alkanes of at least 4 members (excludes halogenated alkanes) is 36. The van der Waals surface area contributed by atoms with E-state index in [2.05, 4.69) is 44.3 Å². The monoisotopic (exact) mass is 1010 g/mol. The predicted molar refractivity (Wildman–Crippen MR) is 292 cm³/mol. The molecule has 1 amide bonds. The summed E-state index contributed by atoms with van der Waals surface area (Å²) in [5, 5.41) is 58.6. The number of amides is 1. The van der Waals surface area contributed by atoms with Crippen LogP contribution in [0.2, 0.25) is 0 Å². The number of aliphatic hydroxyl groups excluding tert-OH is 2. The average molecular weight is 1010 g/mol.